The molecule has 0 radical (unpaired) electrons. The molecule has 0 aliphatic heterocycles. The highest BCUT2D eigenvalue weighted by Crippen LogP contribution is 2.28. The van der Waals surface area contributed by atoms with Crippen LogP contribution in [0.3, 0.4) is 0 Å². The smallest absolute Gasteiger partial charge is 0.343 e. The zero-order chi connectivity index (χ0) is 26.8. The molecule has 0 spiro atoms. The molecule has 0 bridgehead atoms. The minimum Gasteiger partial charge on any atom is -0.497 e. The summed E-state index contributed by atoms with van der Waals surface area (Å²) in [5.74, 6) is -1.66. The van der Waals surface area contributed by atoms with Gasteiger partial charge in [-0.1, -0.05) is 0 Å². The van der Waals surface area contributed by atoms with Crippen molar-refractivity contribution in [3.8, 4) is 17.2 Å². The van der Waals surface area contributed by atoms with Crippen LogP contribution in [-0.2, 0) is 14.4 Å². The van der Waals surface area contributed by atoms with Gasteiger partial charge in [0, 0.05) is 18.3 Å². The molecule has 0 saturated heterocycles. The van der Waals surface area contributed by atoms with Gasteiger partial charge in [0.2, 0.25) is 5.91 Å². The van der Waals surface area contributed by atoms with Crippen LogP contribution < -0.4 is 30.3 Å². The number of hydrazone groups is 1. The van der Waals surface area contributed by atoms with E-state index in [1.165, 1.54) is 45.6 Å². The topological polar surface area (TPSA) is 144 Å². The van der Waals surface area contributed by atoms with Gasteiger partial charge in [-0.25, -0.2) is 10.2 Å². The average molecular weight is 504 g/mol. The molecule has 0 atom stereocenters. The zero-order valence-electron chi connectivity index (χ0n) is 20.2. The second-order valence-electron chi connectivity index (χ2n) is 7.44. The standard InChI is InChI=1S/C26H24N4O7/c1-16(31)28-19-7-9-20(10-8-19)29-24(32)25(33)30-27-15-17-4-13-22(23(14-17)36-3)37-26(34)18-5-11-21(35-2)12-6-18/h4-15H,1-3H3,(H,28,31)(H,29,32)(H,30,33). The summed E-state index contributed by atoms with van der Waals surface area (Å²) < 4.78 is 15.8. The Morgan fingerprint density at radius 1 is 0.757 bits per heavy atom. The van der Waals surface area contributed by atoms with Gasteiger partial charge in [-0.2, -0.15) is 5.10 Å². The lowest BCUT2D eigenvalue weighted by molar-refractivity contribution is -0.136. The molecule has 11 nitrogen and oxygen atoms in total. The van der Waals surface area contributed by atoms with E-state index >= 15 is 0 Å². The summed E-state index contributed by atoms with van der Waals surface area (Å²) in [7, 11) is 2.94. The molecule has 3 rings (SSSR count). The molecule has 11 heteroatoms. The highest BCUT2D eigenvalue weighted by Gasteiger charge is 2.14. The predicted octanol–water partition coefficient (Wildman–Crippen LogP) is 2.97. The normalized spacial score (nSPS) is 10.4. The highest BCUT2D eigenvalue weighted by molar-refractivity contribution is 6.39. The summed E-state index contributed by atoms with van der Waals surface area (Å²) in [4.78, 5) is 47.6. The van der Waals surface area contributed by atoms with E-state index in [1.807, 2.05) is 0 Å². The highest BCUT2D eigenvalue weighted by atomic mass is 16.6. The second kappa shape index (κ2) is 12.5. The lowest BCUT2D eigenvalue weighted by Crippen LogP contribution is -2.32. The third-order valence-corrected chi connectivity index (χ3v) is 4.77. The van der Waals surface area contributed by atoms with Crippen LogP contribution in [0.1, 0.15) is 22.8 Å². The average Bonchev–Trinajstić information content (AvgIpc) is 2.90. The molecule has 37 heavy (non-hydrogen) atoms. The zero-order valence-corrected chi connectivity index (χ0v) is 20.2. The van der Waals surface area contributed by atoms with Gasteiger partial charge in [-0.05, 0) is 72.3 Å². The van der Waals surface area contributed by atoms with Crippen molar-refractivity contribution in [2.45, 2.75) is 6.92 Å². The van der Waals surface area contributed by atoms with Crippen LogP contribution in [0.15, 0.2) is 71.8 Å². The number of methoxy groups -OCH3 is 2. The first-order valence-corrected chi connectivity index (χ1v) is 10.9. The van der Waals surface area contributed by atoms with Crippen molar-refractivity contribution in [3.63, 3.8) is 0 Å². The third-order valence-electron chi connectivity index (χ3n) is 4.77. The van der Waals surface area contributed by atoms with Gasteiger partial charge in [-0.15, -0.1) is 0 Å². The Balaban J connectivity index is 1.56. The quantitative estimate of drug-likeness (QED) is 0.141. The largest absolute Gasteiger partial charge is 0.497 e. The number of ether oxygens (including phenoxy) is 3. The number of nitrogens with one attached hydrogen (secondary N) is 3. The first-order chi connectivity index (χ1) is 17.8. The molecule has 3 amide bonds. The van der Waals surface area contributed by atoms with E-state index in [0.29, 0.717) is 28.3 Å². The van der Waals surface area contributed by atoms with Crippen molar-refractivity contribution < 1.29 is 33.4 Å². The van der Waals surface area contributed by atoms with Crippen LogP contribution in [-0.4, -0.2) is 44.1 Å². The van der Waals surface area contributed by atoms with E-state index < -0.39 is 17.8 Å². The number of anilines is 2. The number of amides is 3. The SMILES string of the molecule is COc1ccc(C(=O)Oc2ccc(C=NNC(=O)C(=O)Nc3ccc(NC(C)=O)cc3)cc2OC)cc1. The Labute approximate surface area is 212 Å². The summed E-state index contributed by atoms with van der Waals surface area (Å²) in [6.07, 6.45) is 1.30. The van der Waals surface area contributed by atoms with E-state index in [-0.39, 0.29) is 17.4 Å². The fourth-order valence-corrected chi connectivity index (χ4v) is 2.98. The van der Waals surface area contributed by atoms with Crippen LogP contribution in [0.25, 0.3) is 0 Å². The van der Waals surface area contributed by atoms with Crippen molar-refractivity contribution >= 4 is 41.3 Å². The van der Waals surface area contributed by atoms with Crippen LogP contribution in [0, 0.1) is 0 Å². The van der Waals surface area contributed by atoms with Gasteiger partial charge >= 0.3 is 17.8 Å². The Hall–Kier alpha value is -5.19. The van der Waals surface area contributed by atoms with E-state index in [4.69, 9.17) is 14.2 Å². The van der Waals surface area contributed by atoms with Crippen LogP contribution >= 0.6 is 0 Å². The first kappa shape index (κ1) is 26.4. The van der Waals surface area contributed by atoms with Crippen molar-refractivity contribution in [3.05, 3.63) is 77.9 Å². The lowest BCUT2D eigenvalue weighted by Gasteiger charge is -2.10. The number of benzene rings is 3. The van der Waals surface area contributed by atoms with Crippen LogP contribution in [0.2, 0.25) is 0 Å². The fraction of sp³-hybridized carbons (Fsp3) is 0.115. The van der Waals surface area contributed by atoms with Gasteiger partial charge in [0.15, 0.2) is 11.5 Å². The van der Waals surface area contributed by atoms with Crippen molar-refractivity contribution in [1.82, 2.24) is 5.43 Å². The number of hydrogen-bond donors (Lipinski definition) is 3. The van der Waals surface area contributed by atoms with Gasteiger partial charge < -0.3 is 24.8 Å². The summed E-state index contributed by atoms with van der Waals surface area (Å²) in [5.41, 5.74) is 3.89. The maximum Gasteiger partial charge on any atom is 0.343 e. The van der Waals surface area contributed by atoms with E-state index in [9.17, 15) is 19.2 Å². The summed E-state index contributed by atoms with van der Waals surface area (Å²) in [6.45, 7) is 1.38. The van der Waals surface area contributed by atoms with Crippen molar-refractivity contribution in [1.29, 1.82) is 0 Å². The fourth-order valence-electron chi connectivity index (χ4n) is 2.98. The third kappa shape index (κ3) is 7.65. The molecule has 0 aliphatic rings. The van der Waals surface area contributed by atoms with Gasteiger partial charge in [0.25, 0.3) is 0 Å². The Kier molecular flexibility index (Phi) is 8.92. The van der Waals surface area contributed by atoms with E-state index in [0.717, 1.165) is 0 Å². The number of nitrogens with zero attached hydrogens (tertiary/aromatic N) is 1. The maximum atomic E-state index is 12.4. The van der Waals surface area contributed by atoms with Crippen molar-refractivity contribution in [2.24, 2.45) is 5.10 Å². The molecule has 0 fully saturated rings. The number of esters is 1. The number of rotatable bonds is 8. The molecule has 0 heterocycles. The Morgan fingerprint density at radius 2 is 1.41 bits per heavy atom. The summed E-state index contributed by atoms with van der Waals surface area (Å²) in [5, 5.41) is 8.79. The van der Waals surface area contributed by atoms with Gasteiger partial charge in [0.05, 0.1) is 26.0 Å². The minimum absolute atomic E-state index is 0.188. The number of carbonyl (C=O) groups excluding carboxylic acids is 4. The van der Waals surface area contributed by atoms with Crippen LogP contribution in [0.5, 0.6) is 17.2 Å². The predicted molar refractivity (Wildman–Crippen MR) is 136 cm³/mol. The monoisotopic (exact) mass is 504 g/mol. The second-order valence-corrected chi connectivity index (χ2v) is 7.44. The van der Waals surface area contributed by atoms with E-state index in [1.54, 1.807) is 48.5 Å². The molecule has 3 aromatic carbocycles. The molecule has 0 aliphatic carbocycles. The summed E-state index contributed by atoms with van der Waals surface area (Å²) >= 11 is 0. The molecule has 3 N–H and O–H groups in total. The number of carbonyl (C=O) groups is 4. The number of hydrogen-bond acceptors (Lipinski definition) is 8. The van der Waals surface area contributed by atoms with E-state index in [2.05, 4.69) is 21.2 Å². The molecule has 0 unspecified atom stereocenters. The molecule has 0 aromatic heterocycles. The first-order valence-electron chi connectivity index (χ1n) is 10.9. The lowest BCUT2D eigenvalue weighted by atomic mass is 10.2. The summed E-state index contributed by atoms with van der Waals surface area (Å²) in [6, 6.07) is 17.3. The molecule has 190 valence electrons. The van der Waals surface area contributed by atoms with Gasteiger partial charge in [-0.3, -0.25) is 14.4 Å². The molecule has 0 saturated carbocycles. The Morgan fingerprint density at radius 3 is 2.00 bits per heavy atom. The van der Waals surface area contributed by atoms with Crippen molar-refractivity contribution in [2.75, 3.05) is 24.9 Å². The maximum absolute atomic E-state index is 12.4. The molecular weight excluding hydrogens is 480 g/mol. The van der Waals surface area contributed by atoms with Crippen LogP contribution in [0.4, 0.5) is 11.4 Å². The minimum atomic E-state index is -0.987. The van der Waals surface area contributed by atoms with Gasteiger partial charge in [0.1, 0.15) is 5.75 Å². The molecular formula is C26H24N4O7. The molecule has 3 aromatic rings. The Bertz CT molecular complexity index is 1320.